The monoisotopic (exact) mass is 220 g/mol. The summed E-state index contributed by atoms with van der Waals surface area (Å²) >= 11 is 6.93. The van der Waals surface area contributed by atoms with Crippen molar-refractivity contribution in [3.05, 3.63) is 0 Å². The molecule has 1 unspecified atom stereocenters. The third-order valence-corrected chi connectivity index (χ3v) is 2.00. The average molecular weight is 221 g/mol. The second-order valence-corrected chi connectivity index (χ2v) is 3.70. The van der Waals surface area contributed by atoms with Crippen LogP contribution >= 0.6 is 23.4 Å². The molecular formula is C6H9ClN4OS. The van der Waals surface area contributed by atoms with Gasteiger partial charge in [-0.15, -0.1) is 16.7 Å². The number of carbonyl (C=O) groups is 1. The van der Waals surface area contributed by atoms with Gasteiger partial charge in [0.2, 0.25) is 17.0 Å². The van der Waals surface area contributed by atoms with Crippen molar-refractivity contribution in [3.63, 3.8) is 0 Å². The number of halogens is 1. The first-order valence-electron chi connectivity index (χ1n) is 3.55. The van der Waals surface area contributed by atoms with Crippen LogP contribution in [-0.4, -0.2) is 32.7 Å². The summed E-state index contributed by atoms with van der Waals surface area (Å²) in [5, 5.41) is 8.87. The third-order valence-electron chi connectivity index (χ3n) is 1.25. The van der Waals surface area contributed by atoms with Gasteiger partial charge in [-0.1, -0.05) is 11.8 Å². The second kappa shape index (κ2) is 4.48. The lowest BCUT2D eigenvalue weighted by Crippen LogP contribution is -2.20. The number of H-pyrrole nitrogens is 1. The van der Waals surface area contributed by atoms with E-state index in [1.807, 2.05) is 6.26 Å². The molecule has 72 valence electrons. The van der Waals surface area contributed by atoms with E-state index in [0.29, 0.717) is 11.1 Å². The maximum atomic E-state index is 11.1. The highest BCUT2D eigenvalue weighted by molar-refractivity contribution is 7.98. The van der Waals surface area contributed by atoms with Crippen LogP contribution in [0.25, 0.3) is 0 Å². The minimum absolute atomic E-state index is 0.300. The van der Waals surface area contributed by atoms with Crippen LogP contribution < -0.4 is 5.32 Å². The van der Waals surface area contributed by atoms with E-state index >= 15 is 0 Å². The Hall–Kier alpha value is -0.750. The lowest BCUT2D eigenvalue weighted by atomic mass is 10.4. The molecular weight excluding hydrogens is 212 g/mol. The SMILES string of the molecule is CSc1n[nH]c(NC(=O)C(C)Cl)n1. The Kier molecular flexibility index (Phi) is 3.56. The van der Waals surface area contributed by atoms with Crippen molar-refractivity contribution in [2.45, 2.75) is 17.5 Å². The second-order valence-electron chi connectivity index (χ2n) is 2.28. The molecule has 0 saturated heterocycles. The number of aromatic amines is 1. The van der Waals surface area contributed by atoms with Gasteiger partial charge in [0.05, 0.1) is 0 Å². The summed E-state index contributed by atoms with van der Waals surface area (Å²) in [6, 6.07) is 0. The van der Waals surface area contributed by atoms with Crippen LogP contribution in [0, 0.1) is 0 Å². The molecule has 1 heterocycles. The Bertz CT molecular complexity index is 301. The number of alkyl halides is 1. The normalized spacial score (nSPS) is 12.5. The summed E-state index contributed by atoms with van der Waals surface area (Å²) in [7, 11) is 0. The van der Waals surface area contributed by atoms with Crippen molar-refractivity contribution < 1.29 is 4.79 Å². The largest absolute Gasteiger partial charge is 0.294 e. The number of thioether (sulfide) groups is 1. The van der Waals surface area contributed by atoms with Gasteiger partial charge in [-0.25, -0.2) is 5.10 Å². The topological polar surface area (TPSA) is 70.7 Å². The van der Waals surface area contributed by atoms with E-state index in [0.717, 1.165) is 0 Å². The smallest absolute Gasteiger partial charge is 0.244 e. The number of carbonyl (C=O) groups excluding carboxylic acids is 1. The first-order chi connectivity index (χ1) is 6.13. The molecule has 1 rings (SSSR count). The van der Waals surface area contributed by atoms with E-state index in [-0.39, 0.29) is 5.91 Å². The van der Waals surface area contributed by atoms with Crippen molar-refractivity contribution in [2.75, 3.05) is 11.6 Å². The average Bonchev–Trinajstić information content (AvgIpc) is 2.52. The predicted octanol–water partition coefficient (Wildman–Crippen LogP) is 1.09. The highest BCUT2D eigenvalue weighted by Crippen LogP contribution is 2.09. The minimum Gasteiger partial charge on any atom is -0.294 e. The predicted molar refractivity (Wildman–Crippen MR) is 52.1 cm³/mol. The van der Waals surface area contributed by atoms with E-state index in [9.17, 15) is 4.79 Å². The Balaban J connectivity index is 2.59. The Morgan fingerprint density at radius 3 is 2.92 bits per heavy atom. The van der Waals surface area contributed by atoms with Crippen LogP contribution in [0.15, 0.2) is 5.16 Å². The number of hydrogen-bond acceptors (Lipinski definition) is 4. The first kappa shape index (κ1) is 10.3. The third kappa shape index (κ3) is 2.89. The van der Waals surface area contributed by atoms with Crippen LogP contribution in [0.2, 0.25) is 0 Å². The number of nitrogens with zero attached hydrogens (tertiary/aromatic N) is 2. The molecule has 0 bridgehead atoms. The van der Waals surface area contributed by atoms with Gasteiger partial charge >= 0.3 is 0 Å². The van der Waals surface area contributed by atoms with Gasteiger partial charge in [0.1, 0.15) is 5.38 Å². The fourth-order valence-corrected chi connectivity index (χ4v) is 0.984. The molecule has 7 heteroatoms. The summed E-state index contributed by atoms with van der Waals surface area (Å²) < 4.78 is 0. The number of anilines is 1. The van der Waals surface area contributed by atoms with E-state index in [4.69, 9.17) is 11.6 Å². The zero-order valence-corrected chi connectivity index (χ0v) is 8.74. The maximum absolute atomic E-state index is 11.1. The fraction of sp³-hybridized carbons (Fsp3) is 0.500. The molecule has 0 aliphatic carbocycles. The highest BCUT2D eigenvalue weighted by Gasteiger charge is 2.11. The van der Waals surface area contributed by atoms with Gasteiger partial charge in [0, 0.05) is 0 Å². The van der Waals surface area contributed by atoms with Crippen LogP contribution in [0.4, 0.5) is 5.95 Å². The van der Waals surface area contributed by atoms with Gasteiger partial charge in [-0.3, -0.25) is 10.1 Å². The van der Waals surface area contributed by atoms with Crippen LogP contribution in [0.3, 0.4) is 0 Å². The molecule has 5 nitrogen and oxygen atoms in total. The van der Waals surface area contributed by atoms with Crippen molar-refractivity contribution in [1.29, 1.82) is 0 Å². The van der Waals surface area contributed by atoms with Gasteiger partial charge in [-0.05, 0) is 13.2 Å². The summed E-state index contributed by atoms with van der Waals surface area (Å²) in [6.07, 6.45) is 1.85. The molecule has 13 heavy (non-hydrogen) atoms. The number of aromatic nitrogens is 3. The van der Waals surface area contributed by atoms with Crippen molar-refractivity contribution in [3.8, 4) is 0 Å². The Morgan fingerprint density at radius 2 is 2.46 bits per heavy atom. The Morgan fingerprint density at radius 1 is 1.77 bits per heavy atom. The lowest BCUT2D eigenvalue weighted by Gasteiger charge is -2.00. The summed E-state index contributed by atoms with van der Waals surface area (Å²) in [6.45, 7) is 1.59. The van der Waals surface area contributed by atoms with Crippen LogP contribution in [0.5, 0.6) is 0 Å². The van der Waals surface area contributed by atoms with Gasteiger partial charge < -0.3 is 0 Å². The van der Waals surface area contributed by atoms with Crippen molar-refractivity contribution in [1.82, 2.24) is 15.2 Å². The molecule has 0 saturated carbocycles. The van der Waals surface area contributed by atoms with Gasteiger partial charge in [-0.2, -0.15) is 4.98 Å². The lowest BCUT2D eigenvalue weighted by molar-refractivity contribution is -0.115. The molecule has 0 fully saturated rings. The van der Waals surface area contributed by atoms with E-state index in [1.165, 1.54) is 11.8 Å². The molecule has 1 aromatic heterocycles. The van der Waals surface area contributed by atoms with Gasteiger partial charge in [0.25, 0.3) is 0 Å². The standard InChI is InChI=1S/C6H9ClN4OS/c1-3(7)4(12)8-5-9-6(13-2)11-10-5/h3H,1-2H3,(H2,8,9,10,11,12). The van der Waals surface area contributed by atoms with Gasteiger partial charge in [0.15, 0.2) is 0 Å². The van der Waals surface area contributed by atoms with E-state index < -0.39 is 5.38 Å². The van der Waals surface area contributed by atoms with Crippen molar-refractivity contribution in [2.24, 2.45) is 0 Å². The summed E-state index contributed by atoms with van der Waals surface area (Å²) in [5.74, 6) is 0.0207. The number of hydrogen-bond donors (Lipinski definition) is 2. The first-order valence-corrected chi connectivity index (χ1v) is 5.21. The zero-order valence-electron chi connectivity index (χ0n) is 7.17. The molecule has 0 radical (unpaired) electrons. The summed E-state index contributed by atoms with van der Waals surface area (Å²) in [4.78, 5) is 15.0. The molecule has 1 amide bonds. The molecule has 0 aliphatic heterocycles. The number of nitrogens with one attached hydrogen (secondary N) is 2. The summed E-state index contributed by atoms with van der Waals surface area (Å²) in [5.41, 5.74) is 0. The van der Waals surface area contributed by atoms with Crippen LogP contribution in [-0.2, 0) is 4.79 Å². The quantitative estimate of drug-likeness (QED) is 0.591. The van der Waals surface area contributed by atoms with Crippen molar-refractivity contribution >= 4 is 35.2 Å². The molecule has 0 aliphatic rings. The fourth-order valence-electron chi connectivity index (χ4n) is 0.610. The molecule has 1 atom stereocenters. The molecule has 2 N–H and O–H groups in total. The van der Waals surface area contributed by atoms with E-state index in [2.05, 4.69) is 20.5 Å². The molecule has 1 aromatic rings. The highest BCUT2D eigenvalue weighted by atomic mass is 35.5. The molecule has 0 spiro atoms. The maximum Gasteiger partial charge on any atom is 0.244 e. The number of rotatable bonds is 3. The van der Waals surface area contributed by atoms with Crippen LogP contribution in [0.1, 0.15) is 6.92 Å². The molecule has 0 aromatic carbocycles. The minimum atomic E-state index is -0.581. The zero-order chi connectivity index (χ0) is 9.84. The Labute approximate surface area is 84.6 Å². The van der Waals surface area contributed by atoms with E-state index in [1.54, 1.807) is 6.92 Å². The number of amides is 1.